The number of methoxy groups -OCH3 is 1. The molecule has 2 aromatic rings. The Kier molecular flexibility index (Phi) is 7.35. The van der Waals surface area contributed by atoms with Gasteiger partial charge in [-0.15, -0.1) is 6.42 Å². The van der Waals surface area contributed by atoms with Gasteiger partial charge in [-0.2, -0.15) is 5.10 Å². The van der Waals surface area contributed by atoms with E-state index in [-0.39, 0.29) is 19.9 Å². The van der Waals surface area contributed by atoms with E-state index in [0.717, 1.165) is 0 Å². The minimum absolute atomic E-state index is 0.0937. The highest BCUT2D eigenvalue weighted by Gasteiger charge is 2.16. The predicted molar refractivity (Wildman–Crippen MR) is 116 cm³/mol. The number of amides is 2. The lowest BCUT2D eigenvalue weighted by Gasteiger charge is -2.11. The molecule has 160 valence electrons. The van der Waals surface area contributed by atoms with Crippen molar-refractivity contribution in [2.75, 3.05) is 27.1 Å². The lowest BCUT2D eigenvalue weighted by atomic mass is 10.2. The second-order valence-corrected chi connectivity index (χ2v) is 6.93. The van der Waals surface area contributed by atoms with E-state index in [0.29, 0.717) is 38.6 Å². The van der Waals surface area contributed by atoms with Crippen LogP contribution in [-0.4, -0.2) is 45.1 Å². The average molecular weight is 488 g/mol. The molecule has 0 bridgehead atoms. The van der Waals surface area contributed by atoms with Gasteiger partial charge < -0.3 is 24.3 Å². The monoisotopic (exact) mass is 487 g/mol. The molecule has 0 aliphatic carbocycles. The Bertz CT molecular complexity index is 1060. The first kappa shape index (κ1) is 22.0. The molecule has 1 aliphatic heterocycles. The van der Waals surface area contributed by atoms with E-state index in [4.69, 9.17) is 25.4 Å². The van der Waals surface area contributed by atoms with Crippen LogP contribution in [0, 0.1) is 12.3 Å². The largest absolute Gasteiger partial charge is 0.493 e. The van der Waals surface area contributed by atoms with Crippen molar-refractivity contribution >= 4 is 34.0 Å². The average Bonchev–Trinajstić information content (AvgIpc) is 3.24. The van der Waals surface area contributed by atoms with E-state index in [1.165, 1.54) is 13.3 Å². The number of carbonyl (C=O) groups excluding carboxylic acids is 2. The van der Waals surface area contributed by atoms with Crippen LogP contribution < -0.4 is 29.7 Å². The highest BCUT2D eigenvalue weighted by molar-refractivity contribution is 9.10. The number of rotatable bonds is 8. The molecule has 2 amide bonds. The molecule has 0 spiro atoms. The van der Waals surface area contributed by atoms with E-state index in [9.17, 15) is 9.59 Å². The van der Waals surface area contributed by atoms with Gasteiger partial charge in [0.1, 0.15) is 6.61 Å². The van der Waals surface area contributed by atoms with Crippen LogP contribution in [0.15, 0.2) is 39.9 Å². The predicted octanol–water partition coefficient (Wildman–Crippen LogP) is 2.08. The van der Waals surface area contributed by atoms with Crippen LogP contribution in [-0.2, 0) is 4.79 Å². The number of nitrogens with zero attached hydrogens (tertiary/aromatic N) is 1. The van der Waals surface area contributed by atoms with E-state index < -0.39 is 11.8 Å². The van der Waals surface area contributed by atoms with E-state index in [1.54, 1.807) is 30.3 Å². The number of hydrogen-bond donors (Lipinski definition) is 2. The van der Waals surface area contributed by atoms with Gasteiger partial charge >= 0.3 is 0 Å². The molecule has 9 nitrogen and oxygen atoms in total. The van der Waals surface area contributed by atoms with Crippen LogP contribution in [0.1, 0.15) is 15.9 Å². The summed E-state index contributed by atoms with van der Waals surface area (Å²) >= 11 is 3.38. The molecule has 1 aliphatic rings. The summed E-state index contributed by atoms with van der Waals surface area (Å²) in [5, 5.41) is 6.40. The van der Waals surface area contributed by atoms with Crippen LogP contribution in [0.25, 0.3) is 0 Å². The first-order chi connectivity index (χ1) is 15.0. The molecule has 31 heavy (non-hydrogen) atoms. The van der Waals surface area contributed by atoms with Gasteiger partial charge in [-0.3, -0.25) is 9.59 Å². The number of ether oxygens (including phenoxy) is 4. The number of nitrogens with one attached hydrogen (secondary N) is 2. The van der Waals surface area contributed by atoms with E-state index >= 15 is 0 Å². The summed E-state index contributed by atoms with van der Waals surface area (Å²) in [5.41, 5.74) is 3.33. The topological polar surface area (TPSA) is 107 Å². The van der Waals surface area contributed by atoms with Crippen molar-refractivity contribution < 1.29 is 28.5 Å². The summed E-state index contributed by atoms with van der Waals surface area (Å²) in [6, 6.07) is 8.17. The van der Waals surface area contributed by atoms with Crippen molar-refractivity contribution in [2.24, 2.45) is 5.10 Å². The van der Waals surface area contributed by atoms with Gasteiger partial charge in [-0.25, -0.2) is 5.43 Å². The third kappa shape index (κ3) is 5.67. The van der Waals surface area contributed by atoms with Gasteiger partial charge in [-0.1, -0.05) is 5.92 Å². The SMILES string of the molecule is C#CCOc1c(Br)cc(C=NNC(=O)CNC(=O)c2ccc3c(c2)OCO3)cc1OC. The number of hydrazone groups is 1. The smallest absolute Gasteiger partial charge is 0.259 e. The van der Waals surface area contributed by atoms with Gasteiger partial charge in [0.05, 0.1) is 24.3 Å². The number of fused-ring (bicyclic) bond motifs is 1. The Morgan fingerprint density at radius 2 is 2.10 bits per heavy atom. The standard InChI is InChI=1S/C21H18BrN3O6/c1-3-6-29-20-15(22)7-13(8-18(20)28-2)10-24-25-19(26)11-23-21(27)14-4-5-16-17(9-14)31-12-30-16/h1,4-5,7-10H,6,11-12H2,2H3,(H,23,27)(H,25,26). The van der Waals surface area contributed by atoms with Gasteiger partial charge in [0, 0.05) is 5.56 Å². The number of terminal acetylenes is 1. The van der Waals surface area contributed by atoms with Crippen molar-refractivity contribution in [2.45, 2.75) is 0 Å². The van der Waals surface area contributed by atoms with Crippen molar-refractivity contribution in [1.29, 1.82) is 0 Å². The highest BCUT2D eigenvalue weighted by atomic mass is 79.9. The minimum atomic E-state index is -0.495. The summed E-state index contributed by atoms with van der Waals surface area (Å²) in [4.78, 5) is 24.2. The fourth-order valence-corrected chi connectivity index (χ4v) is 3.16. The minimum Gasteiger partial charge on any atom is -0.493 e. The van der Waals surface area contributed by atoms with Crippen molar-refractivity contribution in [1.82, 2.24) is 10.7 Å². The summed E-state index contributed by atoms with van der Waals surface area (Å²) in [5.74, 6) is 3.44. The molecule has 0 atom stereocenters. The molecule has 2 aromatic carbocycles. The maximum Gasteiger partial charge on any atom is 0.259 e. The number of carbonyl (C=O) groups is 2. The Labute approximate surface area is 186 Å². The van der Waals surface area contributed by atoms with Crippen molar-refractivity contribution in [3.63, 3.8) is 0 Å². The van der Waals surface area contributed by atoms with E-state index in [2.05, 4.69) is 37.7 Å². The molecule has 3 rings (SSSR count). The first-order valence-electron chi connectivity index (χ1n) is 8.95. The molecule has 2 N–H and O–H groups in total. The van der Waals surface area contributed by atoms with Crippen LogP contribution in [0.5, 0.6) is 23.0 Å². The van der Waals surface area contributed by atoms with Crippen LogP contribution >= 0.6 is 15.9 Å². The maximum atomic E-state index is 12.2. The number of hydrogen-bond acceptors (Lipinski definition) is 7. The third-order valence-electron chi connectivity index (χ3n) is 4.00. The zero-order valence-electron chi connectivity index (χ0n) is 16.4. The summed E-state index contributed by atoms with van der Waals surface area (Å²) in [6.45, 7) is -0.0448. The molecule has 0 unspecified atom stereocenters. The Hall–Kier alpha value is -3.71. The van der Waals surface area contributed by atoms with Gasteiger partial charge in [0.15, 0.2) is 23.0 Å². The summed E-state index contributed by atoms with van der Waals surface area (Å²) < 4.78 is 21.8. The molecule has 0 fully saturated rings. The zero-order valence-corrected chi connectivity index (χ0v) is 18.0. The normalized spacial score (nSPS) is 11.6. The van der Waals surface area contributed by atoms with E-state index in [1.807, 2.05) is 0 Å². The number of benzene rings is 2. The molecule has 0 radical (unpaired) electrons. The zero-order chi connectivity index (χ0) is 22.2. The fourth-order valence-electron chi connectivity index (χ4n) is 2.59. The molecule has 10 heteroatoms. The third-order valence-corrected chi connectivity index (χ3v) is 4.59. The Morgan fingerprint density at radius 1 is 1.29 bits per heavy atom. The van der Waals surface area contributed by atoms with Crippen LogP contribution in [0.3, 0.4) is 0 Å². The van der Waals surface area contributed by atoms with Gasteiger partial charge in [0.25, 0.3) is 11.8 Å². The molecular formula is C21H18BrN3O6. The molecule has 0 saturated heterocycles. The fraction of sp³-hybridized carbons (Fsp3) is 0.190. The molecular weight excluding hydrogens is 470 g/mol. The van der Waals surface area contributed by atoms with Crippen molar-refractivity contribution in [3.8, 4) is 35.3 Å². The lowest BCUT2D eigenvalue weighted by molar-refractivity contribution is -0.120. The molecule has 0 saturated carbocycles. The van der Waals surface area contributed by atoms with Crippen LogP contribution in [0.2, 0.25) is 0 Å². The van der Waals surface area contributed by atoms with Crippen molar-refractivity contribution in [3.05, 3.63) is 45.9 Å². The summed E-state index contributed by atoms with van der Waals surface area (Å²) in [7, 11) is 1.50. The second kappa shape index (κ2) is 10.4. The first-order valence-corrected chi connectivity index (χ1v) is 9.74. The van der Waals surface area contributed by atoms with Gasteiger partial charge in [-0.05, 0) is 51.8 Å². The highest BCUT2D eigenvalue weighted by Crippen LogP contribution is 2.36. The Balaban J connectivity index is 1.53. The lowest BCUT2D eigenvalue weighted by Crippen LogP contribution is -2.34. The Morgan fingerprint density at radius 3 is 2.87 bits per heavy atom. The number of halogens is 1. The molecule has 1 heterocycles. The quantitative estimate of drug-likeness (QED) is 0.335. The molecule has 0 aromatic heterocycles. The maximum absolute atomic E-state index is 12.2. The van der Waals surface area contributed by atoms with Gasteiger partial charge in [0.2, 0.25) is 6.79 Å². The van der Waals surface area contributed by atoms with Crippen LogP contribution in [0.4, 0.5) is 0 Å². The summed E-state index contributed by atoms with van der Waals surface area (Å²) in [6.07, 6.45) is 6.64. The second-order valence-electron chi connectivity index (χ2n) is 6.07.